The van der Waals surface area contributed by atoms with Crippen LogP contribution in [0.15, 0.2) is 66.7 Å². The van der Waals surface area contributed by atoms with Gasteiger partial charge in [-0.25, -0.2) is 9.59 Å². The van der Waals surface area contributed by atoms with Gasteiger partial charge in [-0.15, -0.1) is 0 Å². The van der Waals surface area contributed by atoms with Gasteiger partial charge < -0.3 is 20.5 Å². The summed E-state index contributed by atoms with van der Waals surface area (Å²) in [5.41, 5.74) is 5.62. The second kappa shape index (κ2) is 9.16. The molecule has 33 heavy (non-hydrogen) atoms. The first-order valence-corrected chi connectivity index (χ1v) is 10.6. The number of anilines is 1. The molecule has 0 heterocycles. The second-order valence-corrected chi connectivity index (χ2v) is 8.02. The summed E-state index contributed by atoms with van der Waals surface area (Å²) in [6, 6.07) is 19.7. The molecule has 0 aliphatic heterocycles. The molecule has 0 spiro atoms. The molecule has 1 aliphatic rings. The Kier molecular flexibility index (Phi) is 6.13. The molecular formula is C26H24N2O5. The van der Waals surface area contributed by atoms with E-state index in [0.29, 0.717) is 11.3 Å². The molecule has 4 rings (SSSR count). The molecule has 0 bridgehead atoms. The molecular weight excluding hydrogens is 420 g/mol. The molecule has 0 aromatic heterocycles. The number of rotatable bonds is 6. The fourth-order valence-electron chi connectivity index (χ4n) is 4.01. The summed E-state index contributed by atoms with van der Waals surface area (Å²) in [6.45, 7) is 3.44. The van der Waals surface area contributed by atoms with E-state index in [-0.39, 0.29) is 18.1 Å². The van der Waals surface area contributed by atoms with Crippen molar-refractivity contribution in [1.82, 2.24) is 5.32 Å². The highest BCUT2D eigenvalue weighted by molar-refractivity contribution is 5.98. The number of hydrogen-bond acceptors (Lipinski definition) is 4. The topological polar surface area (TPSA) is 105 Å². The van der Waals surface area contributed by atoms with Gasteiger partial charge in [0.05, 0.1) is 5.56 Å². The molecule has 0 radical (unpaired) electrons. The van der Waals surface area contributed by atoms with Crippen LogP contribution in [0.5, 0.6) is 0 Å². The van der Waals surface area contributed by atoms with Crippen LogP contribution >= 0.6 is 0 Å². The van der Waals surface area contributed by atoms with Crippen molar-refractivity contribution in [3.8, 4) is 11.1 Å². The Morgan fingerprint density at radius 1 is 0.970 bits per heavy atom. The summed E-state index contributed by atoms with van der Waals surface area (Å²) in [4.78, 5) is 36.1. The monoisotopic (exact) mass is 444 g/mol. The Balaban J connectivity index is 1.37. The molecule has 3 aromatic rings. The predicted molar refractivity (Wildman–Crippen MR) is 124 cm³/mol. The molecule has 1 aliphatic carbocycles. The van der Waals surface area contributed by atoms with Gasteiger partial charge in [0.15, 0.2) is 0 Å². The van der Waals surface area contributed by atoms with Gasteiger partial charge in [-0.05, 0) is 53.8 Å². The lowest BCUT2D eigenvalue weighted by Crippen LogP contribution is -2.42. The Hall–Kier alpha value is -4.13. The van der Waals surface area contributed by atoms with Gasteiger partial charge in [-0.2, -0.15) is 0 Å². The summed E-state index contributed by atoms with van der Waals surface area (Å²) < 4.78 is 5.48. The fourth-order valence-corrected chi connectivity index (χ4v) is 4.01. The van der Waals surface area contributed by atoms with Crippen LogP contribution in [-0.2, 0) is 9.53 Å². The fraction of sp³-hybridized carbons (Fsp3) is 0.192. The minimum absolute atomic E-state index is 0.0630. The molecule has 168 valence electrons. The lowest BCUT2D eigenvalue weighted by atomic mass is 9.98. The number of aryl methyl sites for hydroxylation is 1. The van der Waals surface area contributed by atoms with E-state index < -0.39 is 24.0 Å². The summed E-state index contributed by atoms with van der Waals surface area (Å²) in [5.74, 6) is -1.64. The van der Waals surface area contributed by atoms with Crippen molar-refractivity contribution >= 4 is 23.7 Å². The molecule has 0 fully saturated rings. The van der Waals surface area contributed by atoms with E-state index in [1.165, 1.54) is 19.1 Å². The van der Waals surface area contributed by atoms with Crippen LogP contribution in [0.2, 0.25) is 0 Å². The molecule has 0 unspecified atom stereocenters. The van der Waals surface area contributed by atoms with Gasteiger partial charge in [0, 0.05) is 11.6 Å². The maximum absolute atomic E-state index is 12.5. The number of alkyl carbamates (subject to hydrolysis) is 1. The number of carbonyl (C=O) groups excluding carboxylic acids is 2. The number of benzene rings is 3. The highest BCUT2D eigenvalue weighted by atomic mass is 16.5. The van der Waals surface area contributed by atoms with Gasteiger partial charge >= 0.3 is 12.1 Å². The summed E-state index contributed by atoms with van der Waals surface area (Å²) >= 11 is 0. The van der Waals surface area contributed by atoms with Gasteiger partial charge in [0.2, 0.25) is 5.91 Å². The third-order valence-corrected chi connectivity index (χ3v) is 5.81. The van der Waals surface area contributed by atoms with Crippen LogP contribution < -0.4 is 10.6 Å². The van der Waals surface area contributed by atoms with E-state index in [4.69, 9.17) is 9.84 Å². The Labute approximate surface area is 191 Å². The van der Waals surface area contributed by atoms with E-state index in [0.717, 1.165) is 22.3 Å². The Bertz CT molecular complexity index is 1190. The smallest absolute Gasteiger partial charge is 0.407 e. The van der Waals surface area contributed by atoms with Gasteiger partial charge in [0.25, 0.3) is 0 Å². The molecule has 7 nitrogen and oxygen atoms in total. The number of fused-ring (bicyclic) bond motifs is 3. The van der Waals surface area contributed by atoms with Gasteiger partial charge in [0.1, 0.15) is 12.6 Å². The van der Waals surface area contributed by atoms with Crippen LogP contribution in [0.1, 0.15) is 39.9 Å². The Morgan fingerprint density at radius 2 is 1.58 bits per heavy atom. The number of amides is 2. The van der Waals surface area contributed by atoms with Crippen molar-refractivity contribution in [2.45, 2.75) is 25.8 Å². The molecule has 0 saturated carbocycles. The van der Waals surface area contributed by atoms with Gasteiger partial charge in [-0.1, -0.05) is 54.6 Å². The van der Waals surface area contributed by atoms with E-state index in [1.807, 2.05) is 36.4 Å². The third kappa shape index (κ3) is 4.57. The maximum atomic E-state index is 12.5. The van der Waals surface area contributed by atoms with Crippen LogP contribution in [-0.4, -0.2) is 35.7 Å². The van der Waals surface area contributed by atoms with E-state index in [1.54, 1.807) is 13.0 Å². The number of carboxylic acid groups (broad SMARTS) is 1. The molecule has 3 aromatic carbocycles. The van der Waals surface area contributed by atoms with Crippen molar-refractivity contribution in [2.24, 2.45) is 0 Å². The van der Waals surface area contributed by atoms with Crippen molar-refractivity contribution in [1.29, 1.82) is 0 Å². The average molecular weight is 444 g/mol. The van der Waals surface area contributed by atoms with E-state index in [2.05, 4.69) is 22.8 Å². The van der Waals surface area contributed by atoms with E-state index in [9.17, 15) is 14.4 Å². The molecule has 1 atom stereocenters. The minimum Gasteiger partial charge on any atom is -0.478 e. The lowest BCUT2D eigenvalue weighted by molar-refractivity contribution is -0.117. The molecule has 2 amide bonds. The predicted octanol–water partition coefficient (Wildman–Crippen LogP) is 4.56. The lowest BCUT2D eigenvalue weighted by Gasteiger charge is -2.18. The molecule has 0 saturated heterocycles. The molecule has 3 N–H and O–H groups in total. The van der Waals surface area contributed by atoms with Crippen molar-refractivity contribution in [3.63, 3.8) is 0 Å². The SMILES string of the molecule is Cc1ccc(C(=O)O)cc1NC(=O)[C@@H](C)NC(=O)OCC1c2ccccc2-c2ccccc21. The van der Waals surface area contributed by atoms with Crippen molar-refractivity contribution in [3.05, 3.63) is 89.0 Å². The zero-order chi connectivity index (χ0) is 23.5. The first-order valence-electron chi connectivity index (χ1n) is 10.6. The number of ether oxygens (including phenoxy) is 1. The van der Waals surface area contributed by atoms with Crippen molar-refractivity contribution < 1.29 is 24.2 Å². The van der Waals surface area contributed by atoms with E-state index >= 15 is 0 Å². The third-order valence-electron chi connectivity index (χ3n) is 5.81. The highest BCUT2D eigenvalue weighted by Crippen LogP contribution is 2.44. The minimum atomic E-state index is -1.09. The zero-order valence-corrected chi connectivity index (χ0v) is 18.3. The van der Waals surface area contributed by atoms with Crippen molar-refractivity contribution in [2.75, 3.05) is 11.9 Å². The number of carboxylic acids is 1. The van der Waals surface area contributed by atoms with Crippen LogP contribution in [0.25, 0.3) is 11.1 Å². The first-order chi connectivity index (χ1) is 15.8. The quantitative estimate of drug-likeness (QED) is 0.517. The normalized spacial score (nSPS) is 12.9. The average Bonchev–Trinajstić information content (AvgIpc) is 3.12. The van der Waals surface area contributed by atoms with Gasteiger partial charge in [-0.3, -0.25) is 4.79 Å². The first kappa shape index (κ1) is 22.1. The number of hydrogen-bond donors (Lipinski definition) is 3. The van der Waals surface area contributed by atoms with Crippen LogP contribution in [0.4, 0.5) is 10.5 Å². The second-order valence-electron chi connectivity index (χ2n) is 8.02. The molecule has 7 heteroatoms. The zero-order valence-electron chi connectivity index (χ0n) is 18.3. The summed E-state index contributed by atoms with van der Waals surface area (Å²) in [6.07, 6.45) is -0.699. The Morgan fingerprint density at radius 3 is 2.18 bits per heavy atom. The maximum Gasteiger partial charge on any atom is 0.407 e. The standard InChI is InChI=1S/C26H24N2O5/c1-15-11-12-17(25(30)31)13-23(15)28-24(29)16(2)27-26(32)33-14-22-20-9-5-3-7-18(20)19-8-4-6-10-21(19)22/h3-13,16,22H,14H2,1-2H3,(H,27,32)(H,28,29)(H,30,31)/t16-/m1/s1. The van der Waals surface area contributed by atoms with Crippen LogP contribution in [0, 0.1) is 6.92 Å². The highest BCUT2D eigenvalue weighted by Gasteiger charge is 2.29. The van der Waals surface area contributed by atoms with Crippen LogP contribution in [0.3, 0.4) is 0 Å². The largest absolute Gasteiger partial charge is 0.478 e. The summed E-state index contributed by atoms with van der Waals surface area (Å²) in [5, 5.41) is 14.3. The summed E-state index contributed by atoms with van der Waals surface area (Å²) in [7, 11) is 0. The number of aromatic carboxylic acids is 1. The number of carbonyl (C=O) groups is 3. The number of nitrogens with one attached hydrogen (secondary N) is 2.